The first-order valence-electron chi connectivity index (χ1n) is 7.29. The molecule has 0 bridgehead atoms. The molecule has 0 aromatic heterocycles. The molecule has 0 amide bonds. The monoisotopic (exact) mass is 290 g/mol. The summed E-state index contributed by atoms with van der Waals surface area (Å²) in [4.78, 5) is 2.29. The van der Waals surface area contributed by atoms with Gasteiger partial charge in [-0.25, -0.2) is 8.42 Å². The SMILES string of the molecule is CNC(C)C1CCN(CCS(=O)(=O)C(C)(C)C)CC1. The van der Waals surface area contributed by atoms with E-state index in [1.165, 1.54) is 0 Å². The van der Waals surface area contributed by atoms with E-state index < -0.39 is 14.6 Å². The maximum atomic E-state index is 12.1. The lowest BCUT2D eigenvalue weighted by molar-refractivity contribution is 0.172. The van der Waals surface area contributed by atoms with Crippen molar-refractivity contribution in [2.24, 2.45) is 5.92 Å². The normalized spacial score (nSPS) is 21.5. The summed E-state index contributed by atoms with van der Waals surface area (Å²) in [6.45, 7) is 10.3. The zero-order chi connectivity index (χ0) is 14.7. The van der Waals surface area contributed by atoms with E-state index in [0.717, 1.165) is 31.8 Å². The number of hydrogen-bond acceptors (Lipinski definition) is 4. The van der Waals surface area contributed by atoms with E-state index in [1.807, 2.05) is 7.05 Å². The number of hydrogen-bond donors (Lipinski definition) is 1. The number of sulfone groups is 1. The molecule has 1 saturated heterocycles. The van der Waals surface area contributed by atoms with E-state index in [1.54, 1.807) is 20.8 Å². The predicted molar refractivity (Wildman–Crippen MR) is 81.2 cm³/mol. The molecule has 1 heterocycles. The summed E-state index contributed by atoms with van der Waals surface area (Å²) in [5, 5.41) is 3.31. The van der Waals surface area contributed by atoms with Crippen molar-refractivity contribution in [3.05, 3.63) is 0 Å². The molecule has 0 radical (unpaired) electrons. The van der Waals surface area contributed by atoms with Crippen LogP contribution in [0.4, 0.5) is 0 Å². The van der Waals surface area contributed by atoms with Crippen LogP contribution in [0.25, 0.3) is 0 Å². The van der Waals surface area contributed by atoms with Crippen molar-refractivity contribution in [1.82, 2.24) is 10.2 Å². The number of rotatable bonds is 5. The zero-order valence-corrected chi connectivity index (χ0v) is 13.9. The second-order valence-electron chi connectivity index (χ2n) is 6.69. The van der Waals surface area contributed by atoms with Gasteiger partial charge in [0.25, 0.3) is 0 Å². The second-order valence-corrected chi connectivity index (χ2v) is 9.55. The average molecular weight is 290 g/mol. The highest BCUT2D eigenvalue weighted by Gasteiger charge is 2.30. The van der Waals surface area contributed by atoms with Gasteiger partial charge in [-0.1, -0.05) is 0 Å². The summed E-state index contributed by atoms with van der Waals surface area (Å²) in [7, 11) is -0.979. The molecule has 1 aliphatic heterocycles. The summed E-state index contributed by atoms with van der Waals surface area (Å²) in [6, 6.07) is 0.556. The van der Waals surface area contributed by atoms with Crippen LogP contribution in [0, 0.1) is 5.92 Å². The van der Waals surface area contributed by atoms with Gasteiger partial charge in [-0.2, -0.15) is 0 Å². The molecule has 0 aliphatic carbocycles. The summed E-state index contributed by atoms with van der Waals surface area (Å²) >= 11 is 0. The molecule has 1 aliphatic rings. The van der Waals surface area contributed by atoms with Gasteiger partial charge in [-0.15, -0.1) is 0 Å². The van der Waals surface area contributed by atoms with Crippen LogP contribution in [0.5, 0.6) is 0 Å². The van der Waals surface area contributed by atoms with Crippen LogP contribution in [0.3, 0.4) is 0 Å². The van der Waals surface area contributed by atoms with Crippen molar-refractivity contribution in [2.75, 3.05) is 32.4 Å². The van der Waals surface area contributed by atoms with Gasteiger partial charge in [0.15, 0.2) is 9.84 Å². The van der Waals surface area contributed by atoms with Gasteiger partial charge in [-0.3, -0.25) is 0 Å². The van der Waals surface area contributed by atoms with Crippen LogP contribution >= 0.6 is 0 Å². The fourth-order valence-electron chi connectivity index (χ4n) is 2.47. The molecule has 1 atom stereocenters. The number of nitrogens with one attached hydrogen (secondary N) is 1. The van der Waals surface area contributed by atoms with Crippen molar-refractivity contribution in [1.29, 1.82) is 0 Å². The predicted octanol–water partition coefficient (Wildman–Crippen LogP) is 1.52. The molecule has 1 unspecified atom stereocenters. The van der Waals surface area contributed by atoms with Gasteiger partial charge >= 0.3 is 0 Å². The fraction of sp³-hybridized carbons (Fsp3) is 1.00. The Morgan fingerprint density at radius 3 is 2.21 bits per heavy atom. The Labute approximate surface area is 118 Å². The molecular weight excluding hydrogens is 260 g/mol. The topological polar surface area (TPSA) is 49.4 Å². The van der Waals surface area contributed by atoms with E-state index in [-0.39, 0.29) is 5.75 Å². The van der Waals surface area contributed by atoms with Crippen LogP contribution < -0.4 is 5.32 Å². The Kier molecular flexibility index (Phi) is 5.83. The van der Waals surface area contributed by atoms with Gasteiger partial charge in [-0.05, 0) is 66.6 Å². The maximum absolute atomic E-state index is 12.1. The van der Waals surface area contributed by atoms with Crippen LogP contribution in [-0.2, 0) is 9.84 Å². The molecule has 1 N–H and O–H groups in total. The Hall–Kier alpha value is -0.130. The van der Waals surface area contributed by atoms with E-state index in [4.69, 9.17) is 0 Å². The Morgan fingerprint density at radius 2 is 1.79 bits per heavy atom. The summed E-state index contributed by atoms with van der Waals surface area (Å²) in [6.07, 6.45) is 2.33. The van der Waals surface area contributed by atoms with Gasteiger partial charge in [0, 0.05) is 12.6 Å². The smallest absolute Gasteiger partial charge is 0.156 e. The molecule has 1 rings (SSSR count). The minimum atomic E-state index is -2.99. The van der Waals surface area contributed by atoms with Crippen LogP contribution in [0.2, 0.25) is 0 Å². The van der Waals surface area contributed by atoms with Crippen LogP contribution in [0.15, 0.2) is 0 Å². The second kappa shape index (κ2) is 6.55. The summed E-state index contributed by atoms with van der Waals surface area (Å²) < 4.78 is 23.5. The third-order valence-electron chi connectivity index (χ3n) is 4.40. The molecule has 19 heavy (non-hydrogen) atoms. The zero-order valence-electron chi connectivity index (χ0n) is 13.1. The molecule has 0 aromatic rings. The molecular formula is C14H30N2O2S. The lowest BCUT2D eigenvalue weighted by Gasteiger charge is -2.35. The molecule has 0 aromatic carbocycles. The largest absolute Gasteiger partial charge is 0.317 e. The summed E-state index contributed by atoms with van der Waals surface area (Å²) in [5.41, 5.74) is 0. The Morgan fingerprint density at radius 1 is 1.26 bits per heavy atom. The number of piperidine rings is 1. The lowest BCUT2D eigenvalue weighted by atomic mass is 9.90. The maximum Gasteiger partial charge on any atom is 0.156 e. The quantitative estimate of drug-likeness (QED) is 0.834. The van der Waals surface area contributed by atoms with Crippen molar-refractivity contribution in [3.63, 3.8) is 0 Å². The third kappa shape index (κ3) is 4.72. The summed E-state index contributed by atoms with van der Waals surface area (Å²) in [5.74, 6) is 1.00. The third-order valence-corrected chi connectivity index (χ3v) is 6.99. The van der Waals surface area contributed by atoms with Crippen LogP contribution in [-0.4, -0.2) is 56.5 Å². The van der Waals surface area contributed by atoms with E-state index in [0.29, 0.717) is 12.6 Å². The van der Waals surface area contributed by atoms with Crippen molar-refractivity contribution in [2.45, 2.75) is 51.3 Å². The molecule has 5 heteroatoms. The van der Waals surface area contributed by atoms with Crippen molar-refractivity contribution >= 4 is 9.84 Å². The standard InChI is InChI=1S/C14H30N2O2S/c1-12(15-5)13-6-8-16(9-7-13)10-11-19(17,18)14(2,3)4/h12-13,15H,6-11H2,1-5H3. The molecule has 0 saturated carbocycles. The highest BCUT2D eigenvalue weighted by atomic mass is 32.2. The van der Waals surface area contributed by atoms with Crippen molar-refractivity contribution < 1.29 is 8.42 Å². The first-order valence-corrected chi connectivity index (χ1v) is 8.94. The number of likely N-dealkylation sites (tertiary alicyclic amines) is 1. The minimum Gasteiger partial charge on any atom is -0.317 e. The fourth-order valence-corrected chi connectivity index (χ4v) is 3.58. The van der Waals surface area contributed by atoms with Gasteiger partial charge < -0.3 is 10.2 Å². The lowest BCUT2D eigenvalue weighted by Crippen LogP contribution is -2.43. The van der Waals surface area contributed by atoms with Gasteiger partial charge in [0.1, 0.15) is 0 Å². The van der Waals surface area contributed by atoms with E-state index in [9.17, 15) is 8.42 Å². The highest BCUT2D eigenvalue weighted by molar-refractivity contribution is 7.92. The minimum absolute atomic E-state index is 0.281. The van der Waals surface area contributed by atoms with Crippen LogP contribution in [0.1, 0.15) is 40.5 Å². The first-order chi connectivity index (χ1) is 8.67. The molecule has 4 nitrogen and oxygen atoms in total. The van der Waals surface area contributed by atoms with E-state index in [2.05, 4.69) is 17.1 Å². The number of nitrogens with zero attached hydrogens (tertiary/aromatic N) is 1. The molecule has 0 spiro atoms. The molecule has 114 valence electrons. The Bertz CT molecular complexity index is 365. The molecule has 1 fully saturated rings. The van der Waals surface area contributed by atoms with Gasteiger partial charge in [0.05, 0.1) is 10.5 Å². The van der Waals surface area contributed by atoms with Crippen molar-refractivity contribution in [3.8, 4) is 0 Å². The first kappa shape index (κ1) is 16.9. The highest BCUT2D eigenvalue weighted by Crippen LogP contribution is 2.21. The Balaban J connectivity index is 2.39. The average Bonchev–Trinajstić information content (AvgIpc) is 2.35. The van der Waals surface area contributed by atoms with Gasteiger partial charge in [0.2, 0.25) is 0 Å². The van der Waals surface area contributed by atoms with E-state index >= 15 is 0 Å².